The Morgan fingerprint density at radius 2 is 2.20 bits per heavy atom. The number of hydrogen-bond acceptors (Lipinski definition) is 3. The average molecular weight is 285 g/mol. The van der Waals surface area contributed by atoms with Gasteiger partial charge < -0.3 is 21.1 Å². The molecule has 0 aromatic rings. The topological polar surface area (TPSA) is 95.7 Å². The van der Waals surface area contributed by atoms with E-state index in [2.05, 4.69) is 5.32 Å². The molecule has 1 saturated heterocycles. The fourth-order valence-corrected chi connectivity index (χ4v) is 2.77. The van der Waals surface area contributed by atoms with Crippen molar-refractivity contribution in [3.05, 3.63) is 0 Å². The Bertz CT molecular complexity index is 336. The molecule has 3 unspecified atom stereocenters. The van der Waals surface area contributed by atoms with E-state index in [1.165, 1.54) is 0 Å². The SMILES string of the molecule is CCC(C)C(NC(N)=O)C(=O)N1CCCC1CCCO. The van der Waals surface area contributed by atoms with Crippen LogP contribution in [0.15, 0.2) is 0 Å². The molecular weight excluding hydrogens is 258 g/mol. The minimum atomic E-state index is -0.658. The lowest BCUT2D eigenvalue weighted by Crippen LogP contribution is -2.54. The number of amides is 3. The zero-order chi connectivity index (χ0) is 15.1. The fourth-order valence-electron chi connectivity index (χ4n) is 2.77. The number of carbonyl (C=O) groups is 2. The first-order valence-electron chi connectivity index (χ1n) is 7.48. The van der Waals surface area contributed by atoms with Crippen LogP contribution in [0.5, 0.6) is 0 Å². The van der Waals surface area contributed by atoms with Crippen molar-refractivity contribution in [2.45, 2.75) is 58.0 Å². The van der Waals surface area contributed by atoms with Crippen LogP contribution in [0.2, 0.25) is 0 Å². The van der Waals surface area contributed by atoms with Gasteiger partial charge in [-0.3, -0.25) is 4.79 Å². The average Bonchev–Trinajstić information content (AvgIpc) is 2.89. The molecule has 1 fully saturated rings. The van der Waals surface area contributed by atoms with E-state index in [9.17, 15) is 9.59 Å². The summed E-state index contributed by atoms with van der Waals surface area (Å²) in [6, 6.07) is -1.03. The molecule has 0 aromatic heterocycles. The number of likely N-dealkylation sites (tertiary alicyclic amines) is 1. The van der Waals surface area contributed by atoms with Gasteiger partial charge in [-0.05, 0) is 31.6 Å². The van der Waals surface area contributed by atoms with Crippen LogP contribution in [0.3, 0.4) is 0 Å². The van der Waals surface area contributed by atoms with Crippen molar-refractivity contribution >= 4 is 11.9 Å². The molecule has 1 aliphatic heterocycles. The van der Waals surface area contributed by atoms with Crippen molar-refractivity contribution in [3.8, 4) is 0 Å². The van der Waals surface area contributed by atoms with E-state index in [0.29, 0.717) is 6.42 Å². The minimum absolute atomic E-state index is 0.0430. The highest BCUT2D eigenvalue weighted by Gasteiger charge is 2.35. The molecule has 0 spiro atoms. The predicted molar refractivity (Wildman–Crippen MR) is 77.0 cm³/mol. The molecule has 0 aromatic carbocycles. The van der Waals surface area contributed by atoms with E-state index in [4.69, 9.17) is 10.8 Å². The lowest BCUT2D eigenvalue weighted by molar-refractivity contribution is -0.135. The van der Waals surface area contributed by atoms with E-state index in [1.807, 2.05) is 18.7 Å². The molecule has 20 heavy (non-hydrogen) atoms. The summed E-state index contributed by atoms with van der Waals surface area (Å²) in [5, 5.41) is 11.5. The van der Waals surface area contributed by atoms with Gasteiger partial charge in [0.2, 0.25) is 5.91 Å². The van der Waals surface area contributed by atoms with Crippen molar-refractivity contribution in [2.24, 2.45) is 11.7 Å². The van der Waals surface area contributed by atoms with Crippen LogP contribution in [0, 0.1) is 5.92 Å². The van der Waals surface area contributed by atoms with Gasteiger partial charge in [0.05, 0.1) is 0 Å². The summed E-state index contributed by atoms with van der Waals surface area (Å²) >= 11 is 0. The van der Waals surface area contributed by atoms with Crippen molar-refractivity contribution in [1.29, 1.82) is 0 Å². The third kappa shape index (κ3) is 4.37. The molecule has 116 valence electrons. The molecule has 3 amide bonds. The summed E-state index contributed by atoms with van der Waals surface area (Å²) in [5.74, 6) is 0.00711. The Hall–Kier alpha value is -1.30. The summed E-state index contributed by atoms with van der Waals surface area (Å²) in [6.07, 6.45) is 4.25. The van der Waals surface area contributed by atoms with E-state index >= 15 is 0 Å². The number of nitrogens with zero attached hydrogens (tertiary/aromatic N) is 1. The summed E-state index contributed by atoms with van der Waals surface area (Å²) in [6.45, 7) is 4.80. The van der Waals surface area contributed by atoms with Gasteiger partial charge in [-0.25, -0.2) is 4.79 Å². The van der Waals surface area contributed by atoms with Crippen LogP contribution in [-0.2, 0) is 4.79 Å². The Balaban J connectivity index is 2.74. The minimum Gasteiger partial charge on any atom is -0.396 e. The smallest absolute Gasteiger partial charge is 0.312 e. The zero-order valence-electron chi connectivity index (χ0n) is 12.5. The van der Waals surface area contributed by atoms with E-state index in [0.717, 1.165) is 32.2 Å². The van der Waals surface area contributed by atoms with Gasteiger partial charge >= 0.3 is 6.03 Å². The predicted octanol–water partition coefficient (Wildman–Crippen LogP) is 0.833. The van der Waals surface area contributed by atoms with Gasteiger partial charge in [0.1, 0.15) is 6.04 Å². The molecule has 1 rings (SSSR count). The Kier molecular flexibility index (Phi) is 6.78. The van der Waals surface area contributed by atoms with E-state index < -0.39 is 12.1 Å². The number of hydrogen-bond donors (Lipinski definition) is 3. The van der Waals surface area contributed by atoms with Crippen LogP contribution in [0.4, 0.5) is 4.79 Å². The first-order chi connectivity index (χ1) is 9.51. The molecule has 6 heteroatoms. The number of aliphatic hydroxyl groups is 1. The maximum Gasteiger partial charge on any atom is 0.312 e. The van der Waals surface area contributed by atoms with Crippen LogP contribution in [0.25, 0.3) is 0 Å². The molecule has 0 radical (unpaired) electrons. The molecular formula is C14H27N3O3. The summed E-state index contributed by atoms with van der Waals surface area (Å²) in [4.78, 5) is 25.6. The van der Waals surface area contributed by atoms with Crippen LogP contribution in [-0.4, -0.2) is 47.2 Å². The lowest BCUT2D eigenvalue weighted by Gasteiger charge is -2.31. The summed E-state index contributed by atoms with van der Waals surface area (Å²) in [7, 11) is 0. The van der Waals surface area contributed by atoms with Gasteiger partial charge in [0.25, 0.3) is 0 Å². The molecule has 0 bridgehead atoms. The van der Waals surface area contributed by atoms with Crippen LogP contribution >= 0.6 is 0 Å². The Labute approximate surface area is 120 Å². The van der Waals surface area contributed by atoms with Gasteiger partial charge in [-0.2, -0.15) is 0 Å². The maximum atomic E-state index is 12.6. The highest BCUT2D eigenvalue weighted by atomic mass is 16.3. The Morgan fingerprint density at radius 1 is 1.50 bits per heavy atom. The number of nitrogens with one attached hydrogen (secondary N) is 1. The second-order valence-electron chi connectivity index (χ2n) is 5.57. The zero-order valence-corrected chi connectivity index (χ0v) is 12.5. The molecule has 6 nitrogen and oxygen atoms in total. The lowest BCUT2D eigenvalue weighted by atomic mass is 9.97. The van der Waals surface area contributed by atoms with E-state index in [-0.39, 0.29) is 24.5 Å². The number of aliphatic hydroxyl groups excluding tert-OH is 1. The molecule has 1 heterocycles. The second-order valence-corrected chi connectivity index (χ2v) is 5.57. The normalized spacial score (nSPS) is 21.6. The fraction of sp³-hybridized carbons (Fsp3) is 0.857. The van der Waals surface area contributed by atoms with Gasteiger partial charge in [-0.15, -0.1) is 0 Å². The second kappa shape index (κ2) is 8.09. The van der Waals surface area contributed by atoms with Gasteiger partial charge in [0.15, 0.2) is 0 Å². The van der Waals surface area contributed by atoms with Crippen molar-refractivity contribution in [1.82, 2.24) is 10.2 Å². The van der Waals surface area contributed by atoms with Crippen molar-refractivity contribution < 1.29 is 14.7 Å². The first kappa shape index (κ1) is 16.8. The van der Waals surface area contributed by atoms with Crippen LogP contribution < -0.4 is 11.1 Å². The Morgan fingerprint density at radius 3 is 2.75 bits per heavy atom. The quantitative estimate of drug-likeness (QED) is 0.646. The summed E-state index contributed by atoms with van der Waals surface area (Å²) < 4.78 is 0. The highest BCUT2D eigenvalue weighted by Crippen LogP contribution is 2.24. The highest BCUT2D eigenvalue weighted by molar-refractivity contribution is 5.87. The number of primary amides is 1. The van der Waals surface area contributed by atoms with Gasteiger partial charge in [0, 0.05) is 19.2 Å². The summed E-state index contributed by atoms with van der Waals surface area (Å²) in [5.41, 5.74) is 5.18. The van der Waals surface area contributed by atoms with E-state index in [1.54, 1.807) is 0 Å². The standard InChI is InChI=1S/C14H27N3O3/c1-3-10(2)12(16-14(15)20)13(19)17-8-4-6-11(17)7-5-9-18/h10-12,18H,3-9H2,1-2H3,(H3,15,16,20). The van der Waals surface area contributed by atoms with Crippen molar-refractivity contribution in [2.75, 3.05) is 13.2 Å². The third-order valence-electron chi connectivity index (χ3n) is 4.13. The van der Waals surface area contributed by atoms with Gasteiger partial charge in [-0.1, -0.05) is 20.3 Å². The number of nitrogens with two attached hydrogens (primary N) is 1. The first-order valence-corrected chi connectivity index (χ1v) is 7.48. The molecule has 4 N–H and O–H groups in total. The van der Waals surface area contributed by atoms with Crippen LogP contribution in [0.1, 0.15) is 46.0 Å². The number of carbonyl (C=O) groups excluding carboxylic acids is 2. The molecule has 0 saturated carbocycles. The maximum absolute atomic E-state index is 12.6. The molecule has 3 atom stereocenters. The number of rotatable bonds is 7. The van der Waals surface area contributed by atoms with Crippen molar-refractivity contribution in [3.63, 3.8) is 0 Å². The monoisotopic (exact) mass is 285 g/mol. The largest absolute Gasteiger partial charge is 0.396 e. The molecule has 0 aliphatic carbocycles. The third-order valence-corrected chi connectivity index (χ3v) is 4.13. The number of urea groups is 1. The molecule has 1 aliphatic rings.